The van der Waals surface area contributed by atoms with Crippen LogP contribution in [0.4, 0.5) is 11.6 Å². The summed E-state index contributed by atoms with van der Waals surface area (Å²) in [6.07, 6.45) is 3.51. The third-order valence-corrected chi connectivity index (χ3v) is 4.48. The van der Waals surface area contributed by atoms with Gasteiger partial charge in [-0.3, -0.25) is 14.4 Å². The summed E-state index contributed by atoms with van der Waals surface area (Å²) in [4.78, 5) is 24.0. The maximum atomic E-state index is 13.0. The number of anilines is 2. The number of aryl methyl sites for hydroxylation is 1. The first-order valence-corrected chi connectivity index (χ1v) is 9.23. The van der Waals surface area contributed by atoms with Crippen LogP contribution < -0.4 is 10.2 Å². The Balaban J connectivity index is 1.83. The highest BCUT2D eigenvalue weighted by atomic mass is 16.5. The van der Waals surface area contributed by atoms with E-state index in [0.29, 0.717) is 24.8 Å². The molecular weight excluding hydrogens is 344 g/mol. The molecule has 1 aliphatic rings. The number of piperidine rings is 1. The molecule has 1 saturated heterocycles. The van der Waals surface area contributed by atoms with Gasteiger partial charge in [-0.1, -0.05) is 20.8 Å². The van der Waals surface area contributed by atoms with Crippen LogP contribution in [0.5, 0.6) is 0 Å². The van der Waals surface area contributed by atoms with E-state index in [-0.39, 0.29) is 17.4 Å². The van der Waals surface area contributed by atoms with Crippen molar-refractivity contribution in [1.82, 2.24) is 19.7 Å². The largest absolute Gasteiger partial charge is 0.378 e. The lowest BCUT2D eigenvalue weighted by molar-refractivity contribution is -0.120. The number of carbonyl (C=O) groups is 1. The van der Waals surface area contributed by atoms with Crippen molar-refractivity contribution < 1.29 is 9.53 Å². The molecule has 0 aromatic carbocycles. The number of hydrogen-bond acceptors (Lipinski definition) is 6. The number of ether oxygens (including phenoxy) is 1. The van der Waals surface area contributed by atoms with Gasteiger partial charge in [-0.2, -0.15) is 5.10 Å². The van der Waals surface area contributed by atoms with Gasteiger partial charge in [0.15, 0.2) is 5.82 Å². The molecule has 0 saturated carbocycles. The molecule has 3 rings (SSSR count). The molecule has 0 aliphatic carbocycles. The van der Waals surface area contributed by atoms with Crippen LogP contribution >= 0.6 is 0 Å². The van der Waals surface area contributed by atoms with Gasteiger partial charge in [-0.15, -0.1) is 0 Å². The van der Waals surface area contributed by atoms with Crippen LogP contribution in [0, 0.1) is 0 Å². The number of aromatic nitrogens is 4. The third kappa shape index (κ3) is 4.44. The van der Waals surface area contributed by atoms with Crippen molar-refractivity contribution in [2.45, 2.75) is 51.7 Å². The molecule has 1 amide bonds. The van der Waals surface area contributed by atoms with Crippen LogP contribution in [-0.4, -0.2) is 45.4 Å². The summed E-state index contributed by atoms with van der Waals surface area (Å²) in [6, 6.07) is 3.38. The number of nitrogens with one attached hydrogen (secondary N) is 1. The Morgan fingerprint density at radius 1 is 1.33 bits per heavy atom. The Morgan fingerprint density at radius 2 is 2.11 bits per heavy atom. The van der Waals surface area contributed by atoms with E-state index < -0.39 is 0 Å². The Hall–Kier alpha value is -2.48. The highest BCUT2D eigenvalue weighted by molar-refractivity contribution is 5.98. The maximum absolute atomic E-state index is 13.0. The van der Waals surface area contributed by atoms with Crippen LogP contribution in [0.2, 0.25) is 0 Å². The summed E-state index contributed by atoms with van der Waals surface area (Å²) in [6.45, 7) is 7.28. The first kappa shape index (κ1) is 19.3. The van der Waals surface area contributed by atoms with Crippen LogP contribution in [0.3, 0.4) is 0 Å². The Kier molecular flexibility index (Phi) is 5.46. The van der Waals surface area contributed by atoms with Crippen LogP contribution in [0.25, 0.3) is 0 Å². The SMILES string of the molecule is COCc1cc(NC2CCCN(c3ccn(C)n3)C2=O)nc(C(C)(C)C)n1. The fraction of sp³-hybridized carbons (Fsp3) is 0.579. The summed E-state index contributed by atoms with van der Waals surface area (Å²) < 4.78 is 6.94. The van der Waals surface area contributed by atoms with Gasteiger partial charge in [-0.25, -0.2) is 9.97 Å². The number of rotatable bonds is 5. The molecule has 1 atom stereocenters. The van der Waals surface area contributed by atoms with Gasteiger partial charge in [0.1, 0.15) is 17.7 Å². The zero-order valence-corrected chi connectivity index (χ0v) is 16.7. The molecule has 0 bridgehead atoms. The van der Waals surface area contributed by atoms with Crippen molar-refractivity contribution in [3.05, 3.63) is 29.8 Å². The molecule has 8 heteroatoms. The lowest BCUT2D eigenvalue weighted by Gasteiger charge is -2.31. The van der Waals surface area contributed by atoms with E-state index in [1.807, 2.05) is 25.4 Å². The maximum Gasteiger partial charge on any atom is 0.250 e. The van der Waals surface area contributed by atoms with Gasteiger partial charge in [0, 0.05) is 44.4 Å². The molecule has 0 spiro atoms. The topological polar surface area (TPSA) is 85.2 Å². The van der Waals surface area contributed by atoms with Gasteiger partial charge in [0.05, 0.1) is 12.3 Å². The molecule has 1 N–H and O–H groups in total. The smallest absolute Gasteiger partial charge is 0.250 e. The van der Waals surface area contributed by atoms with Crippen molar-refractivity contribution in [1.29, 1.82) is 0 Å². The molecule has 27 heavy (non-hydrogen) atoms. The number of hydrogen-bond donors (Lipinski definition) is 1. The minimum Gasteiger partial charge on any atom is -0.378 e. The summed E-state index contributed by atoms with van der Waals surface area (Å²) in [5.41, 5.74) is 0.598. The van der Waals surface area contributed by atoms with E-state index in [9.17, 15) is 4.79 Å². The molecule has 146 valence electrons. The minimum atomic E-state index is -0.334. The molecule has 8 nitrogen and oxygen atoms in total. The second kappa shape index (κ2) is 7.64. The van der Waals surface area contributed by atoms with E-state index in [0.717, 1.165) is 24.4 Å². The first-order chi connectivity index (χ1) is 12.8. The quantitative estimate of drug-likeness (QED) is 0.867. The van der Waals surface area contributed by atoms with Crippen molar-refractivity contribution in [2.75, 3.05) is 23.9 Å². The van der Waals surface area contributed by atoms with Crippen LogP contribution in [-0.2, 0) is 28.6 Å². The highest BCUT2D eigenvalue weighted by Gasteiger charge is 2.31. The molecule has 1 aliphatic heterocycles. The molecule has 1 fully saturated rings. The van der Waals surface area contributed by atoms with Crippen LogP contribution in [0.15, 0.2) is 18.3 Å². The zero-order chi connectivity index (χ0) is 19.6. The predicted molar refractivity (Wildman–Crippen MR) is 104 cm³/mol. The Bertz CT molecular complexity index is 811. The molecule has 2 aromatic rings. The van der Waals surface area contributed by atoms with Gasteiger partial charge < -0.3 is 10.1 Å². The van der Waals surface area contributed by atoms with E-state index in [1.165, 1.54) is 0 Å². The minimum absolute atomic E-state index is 0.0177. The fourth-order valence-electron chi connectivity index (χ4n) is 3.09. The Labute approximate surface area is 159 Å². The highest BCUT2D eigenvalue weighted by Crippen LogP contribution is 2.24. The van der Waals surface area contributed by atoms with Crippen molar-refractivity contribution in [3.8, 4) is 0 Å². The molecule has 1 unspecified atom stereocenters. The van der Waals surface area contributed by atoms with Crippen LogP contribution in [0.1, 0.15) is 45.1 Å². The number of nitrogens with zero attached hydrogens (tertiary/aromatic N) is 5. The molecule has 0 radical (unpaired) electrons. The second-order valence-corrected chi connectivity index (χ2v) is 7.93. The Morgan fingerprint density at radius 3 is 2.74 bits per heavy atom. The lowest BCUT2D eigenvalue weighted by atomic mass is 9.95. The summed E-state index contributed by atoms with van der Waals surface area (Å²) in [5, 5.41) is 7.68. The van der Waals surface area contributed by atoms with Crippen molar-refractivity contribution in [3.63, 3.8) is 0 Å². The molecule has 3 heterocycles. The standard InChI is InChI=1S/C19H28N6O2/c1-19(2,3)18-20-13(12-27-5)11-15(22-18)21-14-7-6-9-25(17(14)26)16-8-10-24(4)23-16/h8,10-11,14H,6-7,9,12H2,1-5H3,(H,20,21,22). The number of methoxy groups -OCH3 is 1. The molecular formula is C19H28N6O2. The van der Waals surface area contributed by atoms with E-state index in [1.54, 1.807) is 16.7 Å². The van der Waals surface area contributed by atoms with Gasteiger partial charge in [0.25, 0.3) is 5.91 Å². The predicted octanol–water partition coefficient (Wildman–Crippen LogP) is 2.26. The summed E-state index contributed by atoms with van der Waals surface area (Å²) >= 11 is 0. The van der Waals surface area contributed by atoms with E-state index in [4.69, 9.17) is 4.74 Å². The average molecular weight is 372 g/mol. The fourth-order valence-corrected chi connectivity index (χ4v) is 3.09. The van der Waals surface area contributed by atoms with Crippen molar-refractivity contribution in [2.24, 2.45) is 7.05 Å². The van der Waals surface area contributed by atoms with Gasteiger partial charge in [-0.05, 0) is 12.8 Å². The van der Waals surface area contributed by atoms with Gasteiger partial charge in [0.2, 0.25) is 0 Å². The lowest BCUT2D eigenvalue weighted by Crippen LogP contribution is -2.48. The van der Waals surface area contributed by atoms with Crippen molar-refractivity contribution >= 4 is 17.5 Å². The summed E-state index contributed by atoms with van der Waals surface area (Å²) in [7, 11) is 3.49. The normalized spacial score (nSPS) is 18.0. The number of amides is 1. The number of carbonyl (C=O) groups excluding carboxylic acids is 1. The monoisotopic (exact) mass is 372 g/mol. The molecule has 2 aromatic heterocycles. The van der Waals surface area contributed by atoms with E-state index in [2.05, 4.69) is 41.2 Å². The first-order valence-electron chi connectivity index (χ1n) is 9.23. The third-order valence-electron chi connectivity index (χ3n) is 4.48. The van der Waals surface area contributed by atoms with E-state index >= 15 is 0 Å². The average Bonchev–Trinajstić information content (AvgIpc) is 3.02. The summed E-state index contributed by atoms with van der Waals surface area (Å²) in [5.74, 6) is 2.09. The second-order valence-electron chi connectivity index (χ2n) is 7.93. The van der Waals surface area contributed by atoms with Gasteiger partial charge >= 0.3 is 0 Å². The zero-order valence-electron chi connectivity index (χ0n) is 16.7.